The van der Waals surface area contributed by atoms with E-state index in [1.807, 2.05) is 0 Å². The molecule has 0 radical (unpaired) electrons. The number of amides is 1. The van der Waals surface area contributed by atoms with Gasteiger partial charge in [0.25, 0.3) is 5.91 Å². The van der Waals surface area contributed by atoms with E-state index in [0.717, 1.165) is 12.3 Å². The lowest BCUT2D eigenvalue weighted by atomic mass is 10.1. The van der Waals surface area contributed by atoms with Gasteiger partial charge < -0.3 is 11.1 Å². The molecular formula is C14H19FN2O. The van der Waals surface area contributed by atoms with E-state index in [0.29, 0.717) is 23.4 Å². The second-order valence-electron chi connectivity index (χ2n) is 5.01. The van der Waals surface area contributed by atoms with Crippen LogP contribution in [0.4, 0.5) is 10.1 Å². The van der Waals surface area contributed by atoms with Gasteiger partial charge in [0.05, 0.1) is 0 Å². The van der Waals surface area contributed by atoms with Crippen molar-refractivity contribution in [2.75, 3.05) is 12.3 Å². The molecule has 1 aliphatic carbocycles. The van der Waals surface area contributed by atoms with Crippen molar-refractivity contribution in [3.05, 3.63) is 29.1 Å². The molecule has 0 aromatic heterocycles. The van der Waals surface area contributed by atoms with E-state index in [4.69, 9.17) is 5.73 Å². The first kappa shape index (κ1) is 12.9. The van der Waals surface area contributed by atoms with Crippen LogP contribution in [0.3, 0.4) is 0 Å². The summed E-state index contributed by atoms with van der Waals surface area (Å²) < 4.78 is 13.4. The monoisotopic (exact) mass is 250 g/mol. The number of hydrogen-bond acceptors (Lipinski definition) is 2. The van der Waals surface area contributed by atoms with Gasteiger partial charge in [0, 0.05) is 23.4 Å². The summed E-state index contributed by atoms with van der Waals surface area (Å²) in [5, 5.41) is 2.79. The van der Waals surface area contributed by atoms with E-state index in [1.165, 1.54) is 31.4 Å². The third kappa shape index (κ3) is 3.22. The molecule has 18 heavy (non-hydrogen) atoms. The summed E-state index contributed by atoms with van der Waals surface area (Å²) in [6.07, 6.45) is 4.81. The third-order valence-electron chi connectivity index (χ3n) is 3.42. The number of anilines is 1. The van der Waals surface area contributed by atoms with E-state index in [1.54, 1.807) is 6.92 Å². The molecule has 1 saturated carbocycles. The Hall–Kier alpha value is -1.58. The second-order valence-corrected chi connectivity index (χ2v) is 5.01. The van der Waals surface area contributed by atoms with Gasteiger partial charge in [0.15, 0.2) is 0 Å². The predicted molar refractivity (Wildman–Crippen MR) is 69.8 cm³/mol. The Kier molecular flexibility index (Phi) is 3.84. The van der Waals surface area contributed by atoms with Crippen molar-refractivity contribution in [1.29, 1.82) is 0 Å². The number of rotatable bonds is 5. The highest BCUT2D eigenvalue weighted by Crippen LogP contribution is 2.33. The van der Waals surface area contributed by atoms with Gasteiger partial charge in [-0.15, -0.1) is 0 Å². The number of nitrogen functional groups attached to an aromatic ring is 1. The van der Waals surface area contributed by atoms with Gasteiger partial charge in [-0.1, -0.05) is 12.8 Å². The lowest BCUT2D eigenvalue weighted by molar-refractivity contribution is 0.0952. The van der Waals surface area contributed by atoms with Gasteiger partial charge >= 0.3 is 0 Å². The highest BCUT2D eigenvalue weighted by atomic mass is 19.1. The van der Waals surface area contributed by atoms with Crippen LogP contribution in [0.25, 0.3) is 0 Å². The van der Waals surface area contributed by atoms with E-state index in [2.05, 4.69) is 5.32 Å². The van der Waals surface area contributed by atoms with Gasteiger partial charge in [-0.25, -0.2) is 4.39 Å². The average molecular weight is 250 g/mol. The summed E-state index contributed by atoms with van der Waals surface area (Å²) in [5.74, 6) is 0.184. The lowest BCUT2D eigenvalue weighted by Gasteiger charge is -2.08. The van der Waals surface area contributed by atoms with E-state index < -0.39 is 5.82 Å². The van der Waals surface area contributed by atoms with Crippen molar-refractivity contribution in [2.24, 2.45) is 5.92 Å². The van der Waals surface area contributed by atoms with Crippen molar-refractivity contribution in [1.82, 2.24) is 5.32 Å². The van der Waals surface area contributed by atoms with Gasteiger partial charge in [-0.2, -0.15) is 0 Å². The largest absolute Gasteiger partial charge is 0.398 e. The second kappa shape index (κ2) is 5.38. The first-order valence-corrected chi connectivity index (χ1v) is 6.41. The minimum atomic E-state index is -0.432. The Morgan fingerprint density at radius 3 is 2.83 bits per heavy atom. The molecule has 1 aromatic carbocycles. The van der Waals surface area contributed by atoms with E-state index >= 15 is 0 Å². The molecule has 0 atom stereocenters. The fourth-order valence-corrected chi connectivity index (χ4v) is 1.93. The maximum atomic E-state index is 13.4. The molecule has 1 fully saturated rings. The summed E-state index contributed by atoms with van der Waals surface area (Å²) in [7, 11) is 0. The van der Waals surface area contributed by atoms with Crippen molar-refractivity contribution in [2.45, 2.75) is 32.6 Å². The Balaban J connectivity index is 1.87. The molecule has 4 heteroatoms. The Bertz CT molecular complexity index is 432. The fourth-order valence-electron chi connectivity index (χ4n) is 1.93. The SMILES string of the molecule is Cc1c(N)cc(C(=O)NCCCC2CC2)cc1F. The summed E-state index contributed by atoms with van der Waals surface area (Å²) in [6.45, 7) is 2.24. The molecule has 0 aliphatic heterocycles. The maximum Gasteiger partial charge on any atom is 0.251 e. The molecule has 3 nitrogen and oxygen atoms in total. The van der Waals surface area contributed by atoms with Gasteiger partial charge in [0.1, 0.15) is 5.82 Å². The van der Waals surface area contributed by atoms with Crippen LogP contribution in [0.2, 0.25) is 0 Å². The first-order chi connectivity index (χ1) is 8.58. The summed E-state index contributed by atoms with van der Waals surface area (Å²) >= 11 is 0. The fraction of sp³-hybridized carbons (Fsp3) is 0.500. The topological polar surface area (TPSA) is 55.1 Å². The van der Waals surface area contributed by atoms with Crippen molar-refractivity contribution in [3.8, 4) is 0 Å². The molecule has 3 N–H and O–H groups in total. The Labute approximate surface area is 107 Å². The molecule has 1 aromatic rings. The van der Waals surface area contributed by atoms with Crippen LogP contribution < -0.4 is 11.1 Å². The minimum absolute atomic E-state index is 0.253. The zero-order chi connectivity index (χ0) is 13.1. The van der Waals surface area contributed by atoms with Crippen LogP contribution in [0.1, 0.15) is 41.6 Å². The summed E-state index contributed by atoms with van der Waals surface area (Å²) in [4.78, 5) is 11.8. The number of carbonyl (C=O) groups excluding carboxylic acids is 1. The van der Waals surface area contributed by atoms with Gasteiger partial charge in [-0.05, 0) is 37.8 Å². The summed E-state index contributed by atoms with van der Waals surface area (Å²) in [6, 6.07) is 2.76. The van der Waals surface area contributed by atoms with Crippen LogP contribution in [0.5, 0.6) is 0 Å². The standard InChI is InChI=1S/C14H19FN2O/c1-9-12(15)7-11(8-13(9)16)14(18)17-6-2-3-10-4-5-10/h7-8,10H,2-6,16H2,1H3,(H,17,18). The van der Waals surface area contributed by atoms with Gasteiger partial charge in [-0.3, -0.25) is 4.79 Å². The number of benzene rings is 1. The Morgan fingerprint density at radius 2 is 2.22 bits per heavy atom. The average Bonchev–Trinajstić information content (AvgIpc) is 3.14. The smallest absolute Gasteiger partial charge is 0.251 e. The quantitative estimate of drug-likeness (QED) is 0.623. The third-order valence-corrected chi connectivity index (χ3v) is 3.42. The normalized spacial score (nSPS) is 14.6. The number of carbonyl (C=O) groups is 1. The maximum absolute atomic E-state index is 13.4. The number of nitrogens with one attached hydrogen (secondary N) is 1. The number of halogens is 1. The molecule has 98 valence electrons. The molecule has 2 rings (SSSR count). The van der Waals surface area contributed by atoms with Crippen LogP contribution in [0, 0.1) is 18.7 Å². The minimum Gasteiger partial charge on any atom is -0.398 e. The van der Waals surface area contributed by atoms with Crippen molar-refractivity contribution in [3.63, 3.8) is 0 Å². The molecule has 0 bridgehead atoms. The highest BCUT2D eigenvalue weighted by Gasteiger charge is 2.20. The zero-order valence-corrected chi connectivity index (χ0v) is 10.6. The van der Waals surface area contributed by atoms with Crippen LogP contribution in [-0.4, -0.2) is 12.5 Å². The molecule has 0 heterocycles. The predicted octanol–water partition coefficient (Wildman–Crippen LogP) is 2.64. The molecular weight excluding hydrogens is 231 g/mol. The van der Waals surface area contributed by atoms with Gasteiger partial charge in [0.2, 0.25) is 0 Å². The number of nitrogens with two attached hydrogens (primary N) is 1. The zero-order valence-electron chi connectivity index (χ0n) is 10.6. The summed E-state index contributed by atoms with van der Waals surface area (Å²) in [5.41, 5.74) is 6.64. The molecule has 0 saturated heterocycles. The molecule has 0 spiro atoms. The molecule has 1 amide bonds. The lowest BCUT2D eigenvalue weighted by Crippen LogP contribution is -2.24. The highest BCUT2D eigenvalue weighted by molar-refractivity contribution is 5.95. The van der Waals surface area contributed by atoms with E-state index in [9.17, 15) is 9.18 Å². The van der Waals surface area contributed by atoms with Crippen LogP contribution in [0.15, 0.2) is 12.1 Å². The molecule has 0 unspecified atom stereocenters. The first-order valence-electron chi connectivity index (χ1n) is 6.41. The van der Waals surface area contributed by atoms with E-state index in [-0.39, 0.29) is 5.91 Å². The van der Waals surface area contributed by atoms with Crippen molar-refractivity contribution < 1.29 is 9.18 Å². The Morgan fingerprint density at radius 1 is 1.50 bits per heavy atom. The molecule has 1 aliphatic rings. The number of hydrogen-bond donors (Lipinski definition) is 2. The van der Waals surface area contributed by atoms with Crippen LogP contribution in [-0.2, 0) is 0 Å². The van der Waals surface area contributed by atoms with Crippen molar-refractivity contribution >= 4 is 11.6 Å². The van der Waals surface area contributed by atoms with Crippen LogP contribution >= 0.6 is 0 Å².